The molecule has 0 atom stereocenters. The molecule has 0 radical (unpaired) electrons. The van der Waals surface area contributed by atoms with E-state index in [-0.39, 0.29) is 11.4 Å². The van der Waals surface area contributed by atoms with E-state index in [1.807, 2.05) is 55.4 Å². The van der Waals surface area contributed by atoms with Crippen LogP contribution >= 0.6 is 0 Å². The second-order valence-corrected chi connectivity index (χ2v) is 9.40. The highest BCUT2D eigenvalue weighted by atomic mass is 32.2. The van der Waals surface area contributed by atoms with Crippen LogP contribution in [0.5, 0.6) is 0 Å². The van der Waals surface area contributed by atoms with Gasteiger partial charge >= 0.3 is 0 Å². The first kappa shape index (κ1) is 23.4. The number of sulfonamides is 1. The molecule has 0 saturated heterocycles. The molecule has 9 heteroatoms. The molecule has 1 N–H and O–H groups in total. The molecule has 3 aromatic rings. The van der Waals surface area contributed by atoms with Crippen molar-refractivity contribution in [3.63, 3.8) is 0 Å². The summed E-state index contributed by atoms with van der Waals surface area (Å²) in [5.41, 5.74) is 2.38. The van der Waals surface area contributed by atoms with Gasteiger partial charge in [0, 0.05) is 30.9 Å². The number of hydrogen-bond donors (Lipinski definition) is 1. The summed E-state index contributed by atoms with van der Waals surface area (Å²) >= 11 is 0. The first-order chi connectivity index (χ1) is 15.3. The summed E-state index contributed by atoms with van der Waals surface area (Å²) in [4.78, 5) is 22.7. The Morgan fingerprint density at radius 3 is 2.28 bits per heavy atom. The molecule has 8 nitrogen and oxygen atoms in total. The van der Waals surface area contributed by atoms with Gasteiger partial charge in [0.15, 0.2) is 0 Å². The van der Waals surface area contributed by atoms with Crippen LogP contribution in [0, 0.1) is 0 Å². The van der Waals surface area contributed by atoms with E-state index in [0.717, 1.165) is 15.6 Å². The SMILES string of the molecule is CC(=O)N(CCCN(C)C)S(=O)(=O)c1ccc(Nc2nccc(-c3ccccc3)n2)cc1. The minimum Gasteiger partial charge on any atom is -0.324 e. The van der Waals surface area contributed by atoms with Gasteiger partial charge in [-0.25, -0.2) is 22.7 Å². The molecule has 0 fully saturated rings. The van der Waals surface area contributed by atoms with Crippen LogP contribution in [0.4, 0.5) is 11.6 Å². The number of carbonyl (C=O) groups excluding carboxylic acids is 1. The average molecular weight is 454 g/mol. The van der Waals surface area contributed by atoms with Crippen LogP contribution < -0.4 is 5.32 Å². The maximum atomic E-state index is 13.0. The van der Waals surface area contributed by atoms with Crippen LogP contribution in [-0.2, 0) is 14.8 Å². The van der Waals surface area contributed by atoms with Gasteiger partial charge < -0.3 is 10.2 Å². The van der Waals surface area contributed by atoms with Crippen LogP contribution in [0.1, 0.15) is 13.3 Å². The lowest BCUT2D eigenvalue weighted by Crippen LogP contribution is -2.37. The van der Waals surface area contributed by atoms with E-state index < -0.39 is 15.9 Å². The summed E-state index contributed by atoms with van der Waals surface area (Å²) in [6.45, 7) is 2.08. The lowest BCUT2D eigenvalue weighted by molar-refractivity contribution is -0.124. The van der Waals surface area contributed by atoms with Crippen molar-refractivity contribution in [2.24, 2.45) is 0 Å². The molecule has 0 unspecified atom stereocenters. The van der Waals surface area contributed by atoms with Crippen molar-refractivity contribution in [3.8, 4) is 11.3 Å². The molecular formula is C23H27N5O3S. The number of benzene rings is 2. The van der Waals surface area contributed by atoms with Gasteiger partial charge in [-0.15, -0.1) is 0 Å². The molecule has 0 aliphatic rings. The van der Waals surface area contributed by atoms with Crippen LogP contribution in [0.3, 0.4) is 0 Å². The van der Waals surface area contributed by atoms with Crippen LogP contribution in [0.25, 0.3) is 11.3 Å². The highest BCUT2D eigenvalue weighted by Gasteiger charge is 2.26. The van der Waals surface area contributed by atoms with Crippen LogP contribution in [0.15, 0.2) is 71.8 Å². The monoisotopic (exact) mass is 453 g/mol. The highest BCUT2D eigenvalue weighted by molar-refractivity contribution is 7.89. The molecule has 2 aromatic carbocycles. The maximum absolute atomic E-state index is 13.0. The Labute approximate surface area is 189 Å². The fourth-order valence-corrected chi connectivity index (χ4v) is 4.58. The molecule has 168 valence electrons. The van der Waals surface area contributed by atoms with Crippen molar-refractivity contribution >= 4 is 27.6 Å². The number of nitrogens with zero attached hydrogens (tertiary/aromatic N) is 4. The van der Waals surface area contributed by atoms with E-state index in [1.54, 1.807) is 18.3 Å². The van der Waals surface area contributed by atoms with Crippen LogP contribution in [0.2, 0.25) is 0 Å². The van der Waals surface area contributed by atoms with Gasteiger partial charge in [0.25, 0.3) is 10.0 Å². The molecule has 0 saturated carbocycles. The maximum Gasteiger partial charge on any atom is 0.266 e. The van der Waals surface area contributed by atoms with E-state index >= 15 is 0 Å². The standard InChI is InChI=1S/C23H27N5O3S/c1-18(29)28(17-7-16-27(2)3)32(30,31)21-12-10-20(11-13-21)25-23-24-15-14-22(26-23)19-8-5-4-6-9-19/h4-6,8-15H,7,16-17H2,1-3H3,(H,24,25,26). The molecule has 1 heterocycles. The van der Waals surface area contributed by atoms with Gasteiger partial charge in [-0.1, -0.05) is 30.3 Å². The molecule has 3 rings (SSSR count). The summed E-state index contributed by atoms with van der Waals surface area (Å²) < 4.78 is 26.9. The predicted octanol–water partition coefficient (Wildman–Crippen LogP) is 3.38. The zero-order valence-electron chi connectivity index (χ0n) is 18.4. The fraction of sp³-hybridized carbons (Fsp3) is 0.261. The van der Waals surface area contributed by atoms with Gasteiger partial charge in [-0.05, 0) is 57.4 Å². The van der Waals surface area contributed by atoms with E-state index in [2.05, 4.69) is 15.3 Å². The zero-order chi connectivity index (χ0) is 23.1. The Bertz CT molecular complexity index is 1150. The number of rotatable bonds is 9. The van der Waals surface area contributed by atoms with Crippen molar-refractivity contribution in [3.05, 3.63) is 66.9 Å². The second kappa shape index (κ2) is 10.3. The lowest BCUT2D eigenvalue weighted by Gasteiger charge is -2.22. The summed E-state index contributed by atoms with van der Waals surface area (Å²) in [6, 6.07) is 17.8. The third kappa shape index (κ3) is 5.89. The van der Waals surface area contributed by atoms with Gasteiger partial charge in [0.05, 0.1) is 10.6 Å². The molecule has 1 amide bonds. The van der Waals surface area contributed by atoms with Crippen molar-refractivity contribution in [1.82, 2.24) is 19.2 Å². The number of carbonyl (C=O) groups is 1. The molecular weight excluding hydrogens is 426 g/mol. The quantitative estimate of drug-likeness (QED) is 0.531. The van der Waals surface area contributed by atoms with Crippen molar-refractivity contribution in [2.75, 3.05) is 32.5 Å². The number of aromatic nitrogens is 2. The topological polar surface area (TPSA) is 95.5 Å². The van der Waals surface area contributed by atoms with Gasteiger partial charge in [0.1, 0.15) is 0 Å². The van der Waals surface area contributed by atoms with Crippen molar-refractivity contribution in [2.45, 2.75) is 18.2 Å². The van der Waals surface area contributed by atoms with Gasteiger partial charge in [0.2, 0.25) is 11.9 Å². The predicted molar refractivity (Wildman–Crippen MR) is 125 cm³/mol. The molecule has 0 bridgehead atoms. The van der Waals surface area contributed by atoms with Crippen molar-refractivity contribution in [1.29, 1.82) is 0 Å². The highest BCUT2D eigenvalue weighted by Crippen LogP contribution is 2.22. The molecule has 0 spiro atoms. The number of hydrogen-bond acceptors (Lipinski definition) is 7. The molecule has 32 heavy (non-hydrogen) atoms. The molecule has 1 aromatic heterocycles. The minimum absolute atomic E-state index is 0.0575. The second-order valence-electron chi connectivity index (χ2n) is 7.53. The molecule has 0 aliphatic heterocycles. The number of amides is 1. The summed E-state index contributed by atoms with van der Waals surface area (Å²) in [5, 5.41) is 3.09. The van der Waals surface area contributed by atoms with Gasteiger partial charge in [-0.2, -0.15) is 0 Å². The Morgan fingerprint density at radius 1 is 0.969 bits per heavy atom. The van der Waals surface area contributed by atoms with E-state index in [1.165, 1.54) is 19.1 Å². The van der Waals surface area contributed by atoms with Gasteiger partial charge in [-0.3, -0.25) is 4.79 Å². The third-order valence-electron chi connectivity index (χ3n) is 4.74. The summed E-state index contributed by atoms with van der Waals surface area (Å²) in [6.07, 6.45) is 2.22. The zero-order valence-corrected chi connectivity index (χ0v) is 19.2. The Kier molecular flexibility index (Phi) is 7.55. The number of nitrogens with one attached hydrogen (secondary N) is 1. The summed E-state index contributed by atoms with van der Waals surface area (Å²) in [5.74, 6) is -0.104. The first-order valence-electron chi connectivity index (χ1n) is 10.2. The number of anilines is 2. The minimum atomic E-state index is -3.92. The Morgan fingerprint density at radius 2 is 1.66 bits per heavy atom. The van der Waals surface area contributed by atoms with E-state index in [0.29, 0.717) is 24.6 Å². The average Bonchev–Trinajstić information content (AvgIpc) is 2.77. The Hall–Kier alpha value is -3.30. The first-order valence-corrected chi connectivity index (χ1v) is 11.6. The van der Waals surface area contributed by atoms with E-state index in [4.69, 9.17) is 0 Å². The normalized spacial score (nSPS) is 11.4. The van der Waals surface area contributed by atoms with Crippen molar-refractivity contribution < 1.29 is 13.2 Å². The lowest BCUT2D eigenvalue weighted by atomic mass is 10.1. The van der Waals surface area contributed by atoms with E-state index in [9.17, 15) is 13.2 Å². The smallest absolute Gasteiger partial charge is 0.266 e. The largest absolute Gasteiger partial charge is 0.324 e. The summed E-state index contributed by atoms with van der Waals surface area (Å²) in [7, 11) is -0.124. The fourth-order valence-electron chi connectivity index (χ4n) is 3.13. The molecule has 0 aliphatic carbocycles. The third-order valence-corrected chi connectivity index (χ3v) is 6.63. The van der Waals surface area contributed by atoms with Crippen LogP contribution in [-0.4, -0.2) is 60.7 Å². The Balaban J connectivity index is 1.75.